The predicted molar refractivity (Wildman–Crippen MR) is 56.3 cm³/mol. The zero-order valence-electron chi connectivity index (χ0n) is 8.01. The molecule has 12 heavy (non-hydrogen) atoms. The van der Waals surface area contributed by atoms with E-state index in [0.717, 1.165) is 6.42 Å². The van der Waals surface area contributed by atoms with Crippen molar-refractivity contribution < 1.29 is 4.79 Å². The topological polar surface area (TPSA) is 17.1 Å². The Kier molecular flexibility index (Phi) is 6.35. The summed E-state index contributed by atoms with van der Waals surface area (Å²) in [6, 6.07) is 0. The highest BCUT2D eigenvalue weighted by Gasteiger charge is 2.09. The van der Waals surface area contributed by atoms with Gasteiger partial charge >= 0.3 is 0 Å². The van der Waals surface area contributed by atoms with Crippen LogP contribution in [0, 0.1) is 11.8 Å². The Hall–Kier alpha value is -0.110. The van der Waals surface area contributed by atoms with Crippen LogP contribution in [0.2, 0.25) is 0 Å². The third-order valence-electron chi connectivity index (χ3n) is 2.01. The maximum Gasteiger partial charge on any atom is 0.129 e. The fraction of sp³-hybridized carbons (Fsp3) is 0.700. The molecule has 0 heterocycles. The van der Waals surface area contributed by atoms with Crippen LogP contribution in [0.5, 0.6) is 0 Å². The van der Waals surface area contributed by atoms with Gasteiger partial charge in [-0.25, -0.2) is 0 Å². The van der Waals surface area contributed by atoms with E-state index >= 15 is 0 Å². The van der Waals surface area contributed by atoms with Crippen LogP contribution >= 0.6 is 15.9 Å². The van der Waals surface area contributed by atoms with Gasteiger partial charge in [-0.2, -0.15) is 0 Å². The number of carbonyl (C=O) groups is 1. The van der Waals surface area contributed by atoms with Crippen LogP contribution in [0.15, 0.2) is 11.1 Å². The average Bonchev–Trinajstić information content (AvgIpc) is 1.96. The van der Waals surface area contributed by atoms with E-state index in [0.29, 0.717) is 18.3 Å². The molecule has 1 nitrogen and oxygen atoms in total. The summed E-state index contributed by atoms with van der Waals surface area (Å²) in [5, 5.41) is 0. The fourth-order valence-electron chi connectivity index (χ4n) is 1.12. The molecule has 0 saturated carbocycles. The molecule has 0 spiro atoms. The lowest BCUT2D eigenvalue weighted by Gasteiger charge is -2.15. The van der Waals surface area contributed by atoms with Gasteiger partial charge in [-0.3, -0.25) is 0 Å². The molecular formula is C10H17BrO. The molecule has 0 saturated heterocycles. The molecule has 0 radical (unpaired) electrons. The molecule has 0 aliphatic rings. The Morgan fingerprint density at radius 3 is 2.42 bits per heavy atom. The molecule has 0 unspecified atom stereocenters. The first-order valence-corrected chi connectivity index (χ1v) is 5.25. The summed E-state index contributed by atoms with van der Waals surface area (Å²) in [5.41, 5.74) is 0. The highest BCUT2D eigenvalue weighted by molar-refractivity contribution is 9.11. The Morgan fingerprint density at radius 1 is 1.50 bits per heavy atom. The van der Waals surface area contributed by atoms with Crippen molar-refractivity contribution >= 4 is 21.7 Å². The van der Waals surface area contributed by atoms with Crippen LogP contribution in [0.25, 0.3) is 0 Å². The molecule has 1 atom stereocenters. The third-order valence-corrected chi connectivity index (χ3v) is 2.31. The van der Waals surface area contributed by atoms with Crippen molar-refractivity contribution in [2.24, 2.45) is 11.8 Å². The number of hydrogen-bond acceptors (Lipinski definition) is 1. The highest BCUT2D eigenvalue weighted by Crippen LogP contribution is 2.19. The van der Waals surface area contributed by atoms with Crippen molar-refractivity contribution in [3.63, 3.8) is 0 Å². The molecule has 0 N–H and O–H groups in total. The quantitative estimate of drug-likeness (QED) is 0.709. The van der Waals surface area contributed by atoms with E-state index in [1.54, 1.807) is 6.92 Å². The minimum absolute atomic E-state index is 0.281. The van der Waals surface area contributed by atoms with E-state index in [-0.39, 0.29) is 5.78 Å². The van der Waals surface area contributed by atoms with Crippen molar-refractivity contribution in [2.45, 2.75) is 33.6 Å². The zero-order valence-corrected chi connectivity index (χ0v) is 9.60. The van der Waals surface area contributed by atoms with Crippen molar-refractivity contribution in [3.8, 4) is 0 Å². The van der Waals surface area contributed by atoms with E-state index in [1.165, 1.54) is 0 Å². The second-order valence-corrected chi connectivity index (χ2v) is 4.00. The summed E-state index contributed by atoms with van der Waals surface area (Å²) < 4.78 is 0. The van der Waals surface area contributed by atoms with E-state index in [2.05, 4.69) is 35.9 Å². The molecule has 2 heteroatoms. The van der Waals surface area contributed by atoms with Gasteiger partial charge in [0.1, 0.15) is 5.78 Å². The Bertz CT molecular complexity index is 161. The smallest absolute Gasteiger partial charge is 0.129 e. The van der Waals surface area contributed by atoms with Crippen molar-refractivity contribution in [3.05, 3.63) is 11.1 Å². The lowest BCUT2D eigenvalue weighted by molar-refractivity contribution is -0.117. The van der Waals surface area contributed by atoms with Crippen LogP contribution in [0.3, 0.4) is 0 Å². The third kappa shape index (κ3) is 5.53. The van der Waals surface area contributed by atoms with Crippen molar-refractivity contribution in [1.29, 1.82) is 0 Å². The maximum atomic E-state index is 10.7. The molecule has 0 aliphatic heterocycles. The van der Waals surface area contributed by atoms with Crippen LogP contribution in [0.1, 0.15) is 33.6 Å². The Morgan fingerprint density at radius 2 is 2.08 bits per heavy atom. The Balaban J connectivity index is 3.87. The zero-order chi connectivity index (χ0) is 9.56. The molecule has 0 bridgehead atoms. The highest BCUT2D eigenvalue weighted by atomic mass is 79.9. The second kappa shape index (κ2) is 6.41. The first-order chi connectivity index (χ1) is 5.57. The standard InChI is InChI=1S/C10H17BrO/c1-8(2)10(6-7-11)5-4-9(3)12/h6-8,10H,4-5H2,1-3H3/b7-6+/t10-/m1/s1. The lowest BCUT2D eigenvalue weighted by Crippen LogP contribution is -2.07. The summed E-state index contributed by atoms with van der Waals surface area (Å²) in [6.07, 6.45) is 3.78. The molecular weight excluding hydrogens is 216 g/mol. The van der Waals surface area contributed by atoms with Crippen LogP contribution < -0.4 is 0 Å². The fourth-order valence-corrected chi connectivity index (χ4v) is 1.51. The summed E-state index contributed by atoms with van der Waals surface area (Å²) in [5.74, 6) is 1.41. The monoisotopic (exact) mass is 232 g/mol. The van der Waals surface area contributed by atoms with Crippen LogP contribution in [-0.4, -0.2) is 5.78 Å². The number of allylic oxidation sites excluding steroid dienone is 1. The van der Waals surface area contributed by atoms with Gasteiger partial charge in [-0.1, -0.05) is 35.9 Å². The van der Waals surface area contributed by atoms with E-state index in [4.69, 9.17) is 0 Å². The first-order valence-electron chi connectivity index (χ1n) is 4.34. The average molecular weight is 233 g/mol. The maximum absolute atomic E-state index is 10.7. The summed E-state index contributed by atoms with van der Waals surface area (Å²) >= 11 is 3.26. The molecule has 0 amide bonds. The van der Waals surface area contributed by atoms with Crippen molar-refractivity contribution in [2.75, 3.05) is 0 Å². The second-order valence-electron chi connectivity index (χ2n) is 3.47. The lowest BCUT2D eigenvalue weighted by atomic mass is 9.91. The molecule has 0 aromatic carbocycles. The molecule has 0 aliphatic carbocycles. The first kappa shape index (κ1) is 11.9. The number of ketones is 1. The number of halogens is 1. The van der Waals surface area contributed by atoms with Gasteiger partial charge in [0, 0.05) is 6.42 Å². The van der Waals surface area contributed by atoms with Gasteiger partial charge in [0.05, 0.1) is 0 Å². The normalized spacial score (nSPS) is 14.1. The van der Waals surface area contributed by atoms with Gasteiger partial charge in [0.25, 0.3) is 0 Å². The summed E-state index contributed by atoms with van der Waals surface area (Å²) in [4.78, 5) is 12.6. The van der Waals surface area contributed by atoms with Crippen LogP contribution in [0.4, 0.5) is 0 Å². The molecule has 0 fully saturated rings. The summed E-state index contributed by atoms with van der Waals surface area (Å²) in [6.45, 7) is 6.00. The molecule has 0 aromatic heterocycles. The molecule has 70 valence electrons. The molecule has 0 rings (SSSR count). The number of hydrogen-bond donors (Lipinski definition) is 0. The number of Topliss-reactive ketones (excluding diaryl/α,β-unsaturated/α-hetero) is 1. The van der Waals surface area contributed by atoms with Crippen LogP contribution in [-0.2, 0) is 4.79 Å². The number of rotatable bonds is 5. The van der Waals surface area contributed by atoms with Gasteiger partial charge in [0.2, 0.25) is 0 Å². The van der Waals surface area contributed by atoms with Gasteiger partial charge in [-0.05, 0) is 30.2 Å². The van der Waals surface area contributed by atoms with Crippen molar-refractivity contribution in [1.82, 2.24) is 0 Å². The van der Waals surface area contributed by atoms with Gasteiger partial charge in [0.15, 0.2) is 0 Å². The summed E-state index contributed by atoms with van der Waals surface area (Å²) in [7, 11) is 0. The minimum atomic E-state index is 0.281. The van der Waals surface area contributed by atoms with E-state index in [1.807, 2.05) is 4.99 Å². The van der Waals surface area contributed by atoms with E-state index in [9.17, 15) is 4.79 Å². The van der Waals surface area contributed by atoms with Gasteiger partial charge < -0.3 is 4.79 Å². The SMILES string of the molecule is CC(=O)CC[C@H](/C=C/Br)C(C)C. The number of carbonyl (C=O) groups excluding carboxylic acids is 1. The predicted octanol–water partition coefficient (Wildman–Crippen LogP) is 3.54. The van der Waals surface area contributed by atoms with E-state index < -0.39 is 0 Å². The Labute approximate surface area is 83.4 Å². The minimum Gasteiger partial charge on any atom is -0.300 e. The van der Waals surface area contributed by atoms with Gasteiger partial charge in [-0.15, -0.1) is 0 Å². The largest absolute Gasteiger partial charge is 0.300 e. The molecule has 0 aromatic rings.